The summed E-state index contributed by atoms with van der Waals surface area (Å²) in [7, 11) is 1.68. The van der Waals surface area contributed by atoms with Crippen molar-refractivity contribution in [3.8, 4) is 0 Å². The molecule has 0 bridgehead atoms. The first-order valence-corrected chi connectivity index (χ1v) is 7.99. The van der Waals surface area contributed by atoms with Gasteiger partial charge in [-0.05, 0) is 44.0 Å². The van der Waals surface area contributed by atoms with Crippen molar-refractivity contribution in [3.63, 3.8) is 0 Å². The summed E-state index contributed by atoms with van der Waals surface area (Å²) >= 11 is 1.57. The van der Waals surface area contributed by atoms with Gasteiger partial charge in [0.25, 0.3) is 0 Å². The van der Waals surface area contributed by atoms with Gasteiger partial charge in [-0.3, -0.25) is 0 Å². The van der Waals surface area contributed by atoms with Crippen LogP contribution in [0.5, 0.6) is 0 Å². The zero-order chi connectivity index (χ0) is 16.1. The maximum atomic E-state index is 5.92. The van der Waals surface area contributed by atoms with Gasteiger partial charge in [0.1, 0.15) is 11.1 Å². The summed E-state index contributed by atoms with van der Waals surface area (Å²) in [5, 5.41) is 6.04. The van der Waals surface area contributed by atoms with Crippen molar-refractivity contribution < 1.29 is 4.74 Å². The van der Waals surface area contributed by atoms with Crippen LogP contribution in [0.3, 0.4) is 0 Å². The van der Waals surface area contributed by atoms with E-state index in [-0.39, 0.29) is 30.1 Å². The van der Waals surface area contributed by atoms with E-state index in [0.29, 0.717) is 12.5 Å². The number of nitrogens with zero attached hydrogens (tertiary/aromatic N) is 2. The molecule has 2 aromatic rings. The van der Waals surface area contributed by atoms with Crippen molar-refractivity contribution in [2.45, 2.75) is 33.4 Å². The zero-order valence-electron chi connectivity index (χ0n) is 13.8. The second-order valence-corrected chi connectivity index (χ2v) is 6.07. The van der Waals surface area contributed by atoms with Crippen LogP contribution in [-0.4, -0.2) is 18.1 Å². The van der Waals surface area contributed by atoms with Gasteiger partial charge in [0.2, 0.25) is 0 Å². The minimum Gasteiger partial charge on any atom is -0.375 e. The van der Waals surface area contributed by atoms with E-state index in [1.54, 1.807) is 18.4 Å². The number of hydrogen-bond donors (Lipinski definition) is 2. The van der Waals surface area contributed by atoms with Crippen LogP contribution in [0.15, 0.2) is 28.6 Å². The van der Waals surface area contributed by atoms with Crippen LogP contribution in [0, 0.1) is 13.8 Å². The van der Waals surface area contributed by atoms with Crippen LogP contribution in [0.2, 0.25) is 0 Å². The first-order chi connectivity index (χ1) is 10.5. The Morgan fingerprint density at radius 2 is 2.13 bits per heavy atom. The Morgan fingerprint density at radius 1 is 1.39 bits per heavy atom. The van der Waals surface area contributed by atoms with Crippen LogP contribution < -0.4 is 11.1 Å². The van der Waals surface area contributed by atoms with Crippen LogP contribution >= 0.6 is 35.3 Å². The van der Waals surface area contributed by atoms with Crippen molar-refractivity contribution in [3.05, 3.63) is 45.4 Å². The maximum absolute atomic E-state index is 5.92. The van der Waals surface area contributed by atoms with Gasteiger partial charge >= 0.3 is 0 Å². The smallest absolute Gasteiger partial charge is 0.193 e. The molecule has 0 amide bonds. The second kappa shape index (κ2) is 9.19. The molecule has 5 nitrogen and oxygen atoms in total. The van der Waals surface area contributed by atoms with Crippen molar-refractivity contribution >= 4 is 47.0 Å². The van der Waals surface area contributed by atoms with E-state index in [9.17, 15) is 0 Å². The number of aromatic nitrogens is 1. The molecule has 1 atom stereocenters. The highest BCUT2D eigenvalue weighted by atomic mass is 127. The number of nitrogens with two attached hydrogens (primary N) is 1. The molecule has 7 heteroatoms. The van der Waals surface area contributed by atoms with Crippen LogP contribution in [-0.2, 0) is 11.3 Å². The lowest BCUT2D eigenvalue weighted by atomic mass is 10.1. The van der Waals surface area contributed by atoms with Crippen molar-refractivity contribution in [1.82, 2.24) is 4.98 Å². The molecule has 0 saturated heterocycles. The lowest BCUT2D eigenvalue weighted by Gasteiger charge is -2.07. The minimum absolute atomic E-state index is 0. The summed E-state index contributed by atoms with van der Waals surface area (Å²) in [6.07, 6.45) is 0.00809. The summed E-state index contributed by atoms with van der Waals surface area (Å²) in [4.78, 5) is 8.82. The quantitative estimate of drug-likeness (QED) is 0.414. The van der Waals surface area contributed by atoms with Crippen molar-refractivity contribution in [1.29, 1.82) is 0 Å². The van der Waals surface area contributed by atoms with Gasteiger partial charge in [0.15, 0.2) is 5.96 Å². The molecule has 0 aliphatic rings. The van der Waals surface area contributed by atoms with E-state index in [2.05, 4.69) is 41.3 Å². The Hall–Kier alpha value is -1.19. The molecule has 0 radical (unpaired) electrons. The van der Waals surface area contributed by atoms with E-state index >= 15 is 0 Å². The summed E-state index contributed by atoms with van der Waals surface area (Å²) in [6.45, 7) is 6.58. The third-order valence-electron chi connectivity index (χ3n) is 3.46. The molecule has 1 aromatic carbocycles. The highest BCUT2D eigenvalue weighted by Crippen LogP contribution is 2.20. The highest BCUT2D eigenvalue weighted by Gasteiger charge is 2.09. The molecule has 3 N–H and O–H groups in total. The summed E-state index contributed by atoms with van der Waals surface area (Å²) < 4.78 is 5.25. The number of hydrogen-bond acceptors (Lipinski definition) is 4. The average Bonchev–Trinajstić information content (AvgIpc) is 2.97. The molecular weight excluding hydrogens is 423 g/mol. The lowest BCUT2D eigenvalue weighted by molar-refractivity contribution is 0.119. The van der Waals surface area contributed by atoms with Crippen molar-refractivity contribution in [2.75, 3.05) is 12.4 Å². The summed E-state index contributed by atoms with van der Waals surface area (Å²) in [5.41, 5.74) is 10.2. The molecule has 1 aromatic heterocycles. The fourth-order valence-electron chi connectivity index (χ4n) is 1.86. The third kappa shape index (κ3) is 5.74. The van der Waals surface area contributed by atoms with Gasteiger partial charge in [-0.25, -0.2) is 9.98 Å². The first-order valence-electron chi connectivity index (χ1n) is 7.11. The number of anilines is 1. The van der Waals surface area contributed by atoms with E-state index in [1.807, 2.05) is 18.4 Å². The van der Waals surface area contributed by atoms with E-state index < -0.39 is 0 Å². The molecule has 2 rings (SSSR count). The molecule has 0 spiro atoms. The Morgan fingerprint density at radius 3 is 2.78 bits per heavy atom. The number of methoxy groups -OCH3 is 1. The largest absolute Gasteiger partial charge is 0.375 e. The summed E-state index contributed by atoms with van der Waals surface area (Å²) in [5.74, 6) is 0.387. The third-order valence-corrected chi connectivity index (χ3v) is 4.52. The van der Waals surface area contributed by atoms with Crippen LogP contribution in [0.4, 0.5) is 5.69 Å². The fourth-order valence-corrected chi connectivity index (χ4v) is 2.70. The van der Waals surface area contributed by atoms with Gasteiger partial charge < -0.3 is 15.8 Å². The Labute approximate surface area is 158 Å². The van der Waals surface area contributed by atoms with E-state index in [0.717, 1.165) is 16.4 Å². The topological polar surface area (TPSA) is 72.5 Å². The number of ether oxygens (including phenoxy) is 1. The number of nitrogens with one attached hydrogen (secondary N) is 1. The highest BCUT2D eigenvalue weighted by molar-refractivity contribution is 14.0. The number of aliphatic imine (C=N–C) groups is 1. The number of aryl methyl sites for hydroxylation is 2. The number of thiazole rings is 1. The second-order valence-electron chi connectivity index (χ2n) is 5.18. The van der Waals surface area contributed by atoms with Gasteiger partial charge in [0, 0.05) is 18.2 Å². The molecule has 0 fully saturated rings. The normalized spacial score (nSPS) is 12.6. The van der Waals surface area contributed by atoms with E-state index in [4.69, 9.17) is 10.5 Å². The minimum atomic E-state index is 0. The molecule has 126 valence electrons. The SMILES string of the molecule is COC(C)c1nc(CN=C(N)Nc2ccc(C)c(C)c2)cs1.I. The first kappa shape index (κ1) is 19.9. The number of halogens is 1. The van der Waals surface area contributed by atoms with Gasteiger partial charge in [-0.1, -0.05) is 6.07 Å². The molecule has 1 heterocycles. The van der Waals surface area contributed by atoms with Crippen LogP contribution in [0.1, 0.15) is 34.9 Å². The fraction of sp³-hybridized carbons (Fsp3) is 0.375. The predicted molar refractivity (Wildman–Crippen MR) is 108 cm³/mol. The predicted octanol–water partition coefficient (Wildman–Crippen LogP) is 4.01. The van der Waals surface area contributed by atoms with Crippen molar-refractivity contribution in [2.24, 2.45) is 10.7 Å². The van der Waals surface area contributed by atoms with E-state index in [1.165, 1.54) is 11.1 Å². The monoisotopic (exact) mass is 446 g/mol. The lowest BCUT2D eigenvalue weighted by Crippen LogP contribution is -2.22. The average molecular weight is 446 g/mol. The molecule has 23 heavy (non-hydrogen) atoms. The Balaban J connectivity index is 0.00000264. The molecule has 0 aliphatic heterocycles. The zero-order valence-corrected chi connectivity index (χ0v) is 16.9. The number of rotatable bonds is 5. The Bertz CT molecular complexity index is 672. The molecule has 1 unspecified atom stereocenters. The van der Waals surface area contributed by atoms with Gasteiger partial charge in [-0.15, -0.1) is 35.3 Å². The summed E-state index contributed by atoms with van der Waals surface area (Å²) in [6, 6.07) is 6.11. The molecule has 0 saturated carbocycles. The van der Waals surface area contributed by atoms with Gasteiger partial charge in [0.05, 0.1) is 12.2 Å². The Kier molecular flexibility index (Phi) is 7.93. The molecular formula is C16H23IN4OS. The standard InChI is InChI=1S/C16H22N4OS.HI/c1-10-5-6-13(7-11(10)2)20-16(17)18-8-14-9-22-15(19-14)12(3)21-4;/h5-7,9,12H,8H2,1-4H3,(H3,17,18,20);1H. The van der Waals surface area contributed by atoms with Gasteiger partial charge in [-0.2, -0.15) is 0 Å². The maximum Gasteiger partial charge on any atom is 0.193 e. The molecule has 0 aliphatic carbocycles. The van der Waals surface area contributed by atoms with Crippen LogP contribution in [0.25, 0.3) is 0 Å². The number of guanidine groups is 1. The number of benzene rings is 1.